The van der Waals surface area contributed by atoms with Crippen LogP contribution in [0.2, 0.25) is 0 Å². The third-order valence-corrected chi connectivity index (χ3v) is 7.23. The number of piperidine rings is 1. The van der Waals surface area contributed by atoms with Gasteiger partial charge in [-0.1, -0.05) is 0 Å². The quantitative estimate of drug-likeness (QED) is 0.908. The number of thiophene rings is 1. The van der Waals surface area contributed by atoms with Crippen LogP contribution in [-0.4, -0.2) is 56.0 Å². The predicted molar refractivity (Wildman–Crippen MR) is 80.4 cm³/mol. The Hall–Kier alpha value is -0.470. The van der Waals surface area contributed by atoms with Crippen LogP contribution in [-0.2, 0) is 16.6 Å². The Balaban J connectivity index is 2.22. The highest BCUT2D eigenvalue weighted by molar-refractivity contribution is 7.89. The van der Waals surface area contributed by atoms with E-state index in [0.717, 1.165) is 18.4 Å². The first-order valence-corrected chi connectivity index (χ1v) is 9.04. The lowest BCUT2D eigenvalue weighted by Crippen LogP contribution is -2.44. The summed E-state index contributed by atoms with van der Waals surface area (Å²) in [5.74, 6) is 0. The van der Waals surface area contributed by atoms with Crippen molar-refractivity contribution >= 4 is 21.4 Å². The summed E-state index contributed by atoms with van der Waals surface area (Å²) in [7, 11) is 0.583. The molecule has 0 aliphatic carbocycles. The van der Waals surface area contributed by atoms with Gasteiger partial charge in [-0.15, -0.1) is 11.3 Å². The number of nitrogens with zero attached hydrogens (tertiary/aromatic N) is 2. The van der Waals surface area contributed by atoms with Crippen molar-refractivity contribution in [3.05, 3.63) is 15.8 Å². The lowest BCUT2D eigenvalue weighted by Gasteiger charge is -2.34. The molecule has 0 amide bonds. The highest BCUT2D eigenvalue weighted by Gasteiger charge is 2.33. The molecule has 114 valence electrons. The van der Waals surface area contributed by atoms with Gasteiger partial charge in [-0.3, -0.25) is 0 Å². The topological polar surface area (TPSA) is 60.9 Å². The molecule has 0 bridgehead atoms. The van der Waals surface area contributed by atoms with E-state index in [0.29, 0.717) is 28.9 Å². The Labute approximate surface area is 124 Å². The molecule has 5 nitrogen and oxygen atoms in total. The van der Waals surface area contributed by atoms with E-state index in [4.69, 9.17) is 0 Å². The molecule has 0 atom stereocenters. The third kappa shape index (κ3) is 2.92. The molecule has 1 N–H and O–H groups in total. The van der Waals surface area contributed by atoms with E-state index in [2.05, 4.69) is 4.90 Å². The van der Waals surface area contributed by atoms with Crippen LogP contribution in [0.15, 0.2) is 10.3 Å². The Bertz CT molecular complexity index is 558. The van der Waals surface area contributed by atoms with Gasteiger partial charge in [0.1, 0.15) is 4.90 Å². The number of hydrogen-bond acceptors (Lipinski definition) is 5. The minimum atomic E-state index is -3.48. The van der Waals surface area contributed by atoms with Gasteiger partial charge in [0.05, 0.1) is 11.5 Å². The first kappa shape index (κ1) is 15.9. The zero-order chi connectivity index (χ0) is 14.9. The summed E-state index contributed by atoms with van der Waals surface area (Å²) >= 11 is 1.31. The van der Waals surface area contributed by atoms with Crippen LogP contribution in [0.3, 0.4) is 0 Å². The Morgan fingerprint density at radius 3 is 2.50 bits per heavy atom. The van der Waals surface area contributed by atoms with Crippen molar-refractivity contribution in [2.75, 3.05) is 27.2 Å². The van der Waals surface area contributed by atoms with E-state index in [9.17, 15) is 13.5 Å². The van der Waals surface area contributed by atoms with Crippen molar-refractivity contribution in [2.24, 2.45) is 0 Å². The van der Waals surface area contributed by atoms with Crippen molar-refractivity contribution in [3.8, 4) is 0 Å². The minimum absolute atomic E-state index is 0.221. The molecule has 20 heavy (non-hydrogen) atoms. The van der Waals surface area contributed by atoms with E-state index in [1.807, 2.05) is 14.1 Å². The summed E-state index contributed by atoms with van der Waals surface area (Å²) < 4.78 is 27.0. The maximum absolute atomic E-state index is 12.7. The van der Waals surface area contributed by atoms with Gasteiger partial charge in [0.25, 0.3) is 0 Å². The summed E-state index contributed by atoms with van der Waals surface area (Å²) in [5.41, 5.74) is 0.730. The number of hydrogen-bond donors (Lipinski definition) is 1. The number of aliphatic hydroxyl groups is 1. The Morgan fingerprint density at radius 1 is 1.40 bits per heavy atom. The molecule has 1 aromatic heterocycles. The second kappa shape index (κ2) is 6.11. The standard InChI is InChI=1S/C13H22N2O3S2/c1-10-9-19-12(8-16)13(10)20(17,18)15-6-4-11(5-7-15)14(2)3/h9,11,16H,4-8H2,1-3H3. The zero-order valence-electron chi connectivity index (χ0n) is 12.2. The number of aryl methyl sites for hydroxylation is 1. The molecule has 0 spiro atoms. The number of rotatable bonds is 4. The number of aliphatic hydroxyl groups excluding tert-OH is 1. The second-order valence-corrected chi connectivity index (χ2v) is 8.27. The molecule has 2 rings (SSSR count). The first-order chi connectivity index (χ1) is 9.37. The van der Waals surface area contributed by atoms with Crippen molar-refractivity contribution in [1.29, 1.82) is 0 Å². The molecular formula is C13H22N2O3S2. The van der Waals surface area contributed by atoms with Crippen molar-refractivity contribution in [1.82, 2.24) is 9.21 Å². The average molecular weight is 318 g/mol. The van der Waals surface area contributed by atoms with Crippen LogP contribution in [0.4, 0.5) is 0 Å². The molecule has 1 aliphatic heterocycles. The van der Waals surface area contributed by atoms with Gasteiger partial charge in [-0.25, -0.2) is 8.42 Å². The van der Waals surface area contributed by atoms with E-state index >= 15 is 0 Å². The lowest BCUT2D eigenvalue weighted by molar-refractivity contribution is 0.196. The maximum Gasteiger partial charge on any atom is 0.244 e. The van der Waals surface area contributed by atoms with Gasteiger partial charge < -0.3 is 10.0 Å². The molecule has 7 heteroatoms. The van der Waals surface area contributed by atoms with Crippen LogP contribution >= 0.6 is 11.3 Å². The smallest absolute Gasteiger partial charge is 0.244 e. The maximum atomic E-state index is 12.7. The van der Waals surface area contributed by atoms with E-state index < -0.39 is 10.0 Å². The summed E-state index contributed by atoms with van der Waals surface area (Å²) in [5, 5.41) is 11.1. The van der Waals surface area contributed by atoms with Gasteiger partial charge in [-0.05, 0) is 44.8 Å². The molecule has 0 unspecified atom stereocenters. The molecule has 2 heterocycles. The summed E-state index contributed by atoms with van der Waals surface area (Å²) in [4.78, 5) is 3.00. The van der Waals surface area contributed by atoms with Crippen LogP contribution in [0, 0.1) is 6.92 Å². The fourth-order valence-electron chi connectivity index (χ4n) is 2.67. The fourth-order valence-corrected chi connectivity index (χ4v) is 5.75. The predicted octanol–water partition coefficient (Wildman–Crippen LogP) is 1.26. The Morgan fingerprint density at radius 2 is 2.00 bits per heavy atom. The van der Waals surface area contributed by atoms with E-state index in [1.165, 1.54) is 11.3 Å². The van der Waals surface area contributed by atoms with Gasteiger partial charge >= 0.3 is 0 Å². The molecule has 1 saturated heterocycles. The molecule has 0 radical (unpaired) electrons. The van der Waals surface area contributed by atoms with E-state index in [-0.39, 0.29) is 6.61 Å². The molecule has 0 aromatic carbocycles. The highest BCUT2D eigenvalue weighted by atomic mass is 32.2. The van der Waals surface area contributed by atoms with Crippen LogP contribution < -0.4 is 0 Å². The highest BCUT2D eigenvalue weighted by Crippen LogP contribution is 2.31. The van der Waals surface area contributed by atoms with Gasteiger partial charge in [0, 0.05) is 19.1 Å². The van der Waals surface area contributed by atoms with Crippen molar-refractivity contribution in [3.63, 3.8) is 0 Å². The molecule has 1 aliphatic rings. The normalized spacial score (nSPS) is 18.9. The Kier molecular flexibility index (Phi) is 4.86. The number of sulfonamides is 1. The molecule has 0 saturated carbocycles. The fraction of sp³-hybridized carbons (Fsp3) is 0.692. The zero-order valence-corrected chi connectivity index (χ0v) is 13.8. The first-order valence-electron chi connectivity index (χ1n) is 6.72. The summed E-state index contributed by atoms with van der Waals surface area (Å²) in [6, 6.07) is 0.447. The van der Waals surface area contributed by atoms with Crippen molar-refractivity contribution in [2.45, 2.75) is 37.3 Å². The van der Waals surface area contributed by atoms with Crippen LogP contribution in [0.25, 0.3) is 0 Å². The van der Waals surface area contributed by atoms with Gasteiger partial charge in [-0.2, -0.15) is 4.31 Å². The molecular weight excluding hydrogens is 296 g/mol. The minimum Gasteiger partial charge on any atom is -0.391 e. The molecule has 1 aromatic rings. The molecule has 1 fully saturated rings. The van der Waals surface area contributed by atoms with Crippen LogP contribution in [0.1, 0.15) is 23.3 Å². The largest absolute Gasteiger partial charge is 0.391 e. The monoisotopic (exact) mass is 318 g/mol. The van der Waals surface area contributed by atoms with Gasteiger partial charge in [0.2, 0.25) is 10.0 Å². The SMILES string of the molecule is Cc1csc(CO)c1S(=O)(=O)N1CCC(N(C)C)CC1. The van der Waals surface area contributed by atoms with Crippen molar-refractivity contribution < 1.29 is 13.5 Å². The van der Waals surface area contributed by atoms with E-state index in [1.54, 1.807) is 16.6 Å². The lowest BCUT2D eigenvalue weighted by atomic mass is 10.1. The van der Waals surface area contributed by atoms with Crippen LogP contribution in [0.5, 0.6) is 0 Å². The van der Waals surface area contributed by atoms with Gasteiger partial charge in [0.15, 0.2) is 0 Å². The third-order valence-electron chi connectivity index (χ3n) is 3.88. The summed E-state index contributed by atoms with van der Waals surface area (Å²) in [6.07, 6.45) is 1.70. The second-order valence-electron chi connectivity index (χ2n) is 5.43. The average Bonchev–Trinajstić information content (AvgIpc) is 2.80. The summed E-state index contributed by atoms with van der Waals surface area (Å²) in [6.45, 7) is 2.66.